The number of hydrogen-bond acceptors (Lipinski definition) is 3. The molecule has 27 heavy (non-hydrogen) atoms. The summed E-state index contributed by atoms with van der Waals surface area (Å²) >= 11 is 0. The van der Waals surface area contributed by atoms with E-state index in [9.17, 15) is 10.0 Å². The van der Waals surface area contributed by atoms with Gasteiger partial charge in [0.05, 0.1) is 23.7 Å². The van der Waals surface area contributed by atoms with Crippen LogP contribution in [0.2, 0.25) is 0 Å². The topological polar surface area (TPSA) is 64.3 Å². The highest BCUT2D eigenvalue weighted by atomic mass is 16.5. The SMILES string of the molecule is C=C[C@]1(C)CC[C@@H](C(=C)CN(O)C(=O)c2ccccc2C#N)C[C@H]1C(=C)C. The Morgan fingerprint density at radius 2 is 2.11 bits per heavy atom. The van der Waals surface area contributed by atoms with Gasteiger partial charge in [0.15, 0.2) is 0 Å². The molecule has 0 aliphatic heterocycles. The van der Waals surface area contributed by atoms with Crippen molar-refractivity contribution in [2.45, 2.75) is 33.1 Å². The maximum atomic E-state index is 12.5. The molecule has 1 aromatic rings. The van der Waals surface area contributed by atoms with Crippen LogP contribution in [0.1, 0.15) is 49.0 Å². The quantitative estimate of drug-likeness (QED) is 0.432. The summed E-state index contributed by atoms with van der Waals surface area (Å²) < 4.78 is 0. The first-order chi connectivity index (χ1) is 12.7. The van der Waals surface area contributed by atoms with E-state index in [2.05, 4.69) is 26.7 Å². The molecule has 0 radical (unpaired) electrons. The molecule has 1 aliphatic carbocycles. The highest BCUT2D eigenvalue weighted by molar-refractivity contribution is 5.96. The van der Waals surface area contributed by atoms with Gasteiger partial charge < -0.3 is 0 Å². The zero-order valence-corrected chi connectivity index (χ0v) is 16.2. The first-order valence-corrected chi connectivity index (χ1v) is 9.20. The number of amides is 1. The molecule has 0 heterocycles. The number of nitrogens with zero attached hydrogens (tertiary/aromatic N) is 2. The van der Waals surface area contributed by atoms with E-state index < -0.39 is 5.91 Å². The summed E-state index contributed by atoms with van der Waals surface area (Å²) in [6, 6.07) is 8.44. The fraction of sp³-hybridized carbons (Fsp3) is 0.391. The minimum atomic E-state index is -0.587. The minimum Gasteiger partial charge on any atom is -0.285 e. The van der Waals surface area contributed by atoms with Crippen molar-refractivity contribution >= 4 is 5.91 Å². The summed E-state index contributed by atoms with van der Waals surface area (Å²) in [6.07, 6.45) is 4.80. The summed E-state index contributed by atoms with van der Waals surface area (Å²) in [7, 11) is 0. The fourth-order valence-corrected chi connectivity index (χ4v) is 4.01. The molecule has 1 fully saturated rings. The van der Waals surface area contributed by atoms with Crippen LogP contribution in [0, 0.1) is 28.6 Å². The number of benzene rings is 1. The Kier molecular flexibility index (Phi) is 6.41. The van der Waals surface area contributed by atoms with Gasteiger partial charge in [-0.3, -0.25) is 10.0 Å². The van der Waals surface area contributed by atoms with E-state index in [0.717, 1.165) is 30.4 Å². The third-order valence-electron chi connectivity index (χ3n) is 5.85. The zero-order chi connectivity index (χ0) is 20.2. The highest BCUT2D eigenvalue weighted by Gasteiger charge is 2.39. The van der Waals surface area contributed by atoms with Crippen molar-refractivity contribution in [2.24, 2.45) is 17.3 Å². The maximum Gasteiger partial charge on any atom is 0.278 e. The molecule has 1 aromatic carbocycles. The van der Waals surface area contributed by atoms with Gasteiger partial charge in [-0.05, 0) is 55.6 Å². The van der Waals surface area contributed by atoms with Gasteiger partial charge in [0.1, 0.15) is 0 Å². The van der Waals surface area contributed by atoms with Crippen LogP contribution in [0.15, 0.2) is 61.2 Å². The van der Waals surface area contributed by atoms with Crippen LogP contribution < -0.4 is 0 Å². The molecule has 0 aromatic heterocycles. The van der Waals surface area contributed by atoms with Gasteiger partial charge in [-0.25, -0.2) is 5.06 Å². The number of allylic oxidation sites excluding steroid dienone is 2. The molecule has 0 spiro atoms. The average molecular weight is 364 g/mol. The molecule has 4 heteroatoms. The lowest BCUT2D eigenvalue weighted by Crippen LogP contribution is -2.36. The number of hydroxylamine groups is 2. The summed E-state index contributed by atoms with van der Waals surface area (Å²) in [6.45, 7) is 16.6. The Bertz CT molecular complexity index is 805. The highest BCUT2D eigenvalue weighted by Crippen LogP contribution is 2.48. The molecule has 3 atom stereocenters. The number of carbonyl (C=O) groups is 1. The van der Waals surface area contributed by atoms with Gasteiger partial charge in [-0.2, -0.15) is 5.26 Å². The first kappa shape index (κ1) is 20.7. The maximum absolute atomic E-state index is 12.5. The molecular formula is C23H28N2O2. The third kappa shape index (κ3) is 4.37. The number of nitriles is 1. The predicted octanol–water partition coefficient (Wildman–Crippen LogP) is 5.13. The van der Waals surface area contributed by atoms with Crippen LogP contribution in [0.5, 0.6) is 0 Å². The summed E-state index contributed by atoms with van der Waals surface area (Å²) in [5.41, 5.74) is 2.39. The monoisotopic (exact) mass is 364 g/mol. The van der Waals surface area contributed by atoms with E-state index >= 15 is 0 Å². The number of carbonyl (C=O) groups excluding carboxylic acids is 1. The van der Waals surface area contributed by atoms with Crippen LogP contribution in [0.4, 0.5) is 0 Å². The molecule has 142 valence electrons. The van der Waals surface area contributed by atoms with E-state index in [-0.39, 0.29) is 29.0 Å². The lowest BCUT2D eigenvalue weighted by Gasteiger charge is -2.44. The standard InChI is InChI=1S/C23H28N2O2/c1-6-23(5)12-11-18(13-21(23)16(2)3)17(4)15-25(27)22(26)20-10-8-7-9-19(20)14-24/h6-10,18,21,27H,1-2,4,11-13,15H2,3,5H3/t18-,21+,23-/m1/s1. The Hall–Kier alpha value is -2.64. The van der Waals surface area contributed by atoms with Gasteiger partial charge in [0.2, 0.25) is 0 Å². The van der Waals surface area contributed by atoms with Crippen LogP contribution in [0.3, 0.4) is 0 Å². The predicted molar refractivity (Wildman–Crippen MR) is 107 cm³/mol. The Balaban J connectivity index is 2.08. The molecule has 4 nitrogen and oxygen atoms in total. The normalized spacial score (nSPS) is 24.5. The minimum absolute atomic E-state index is 0.0169. The third-order valence-corrected chi connectivity index (χ3v) is 5.85. The Labute approximate surface area is 162 Å². The van der Waals surface area contributed by atoms with Crippen molar-refractivity contribution in [3.63, 3.8) is 0 Å². The number of rotatable bonds is 6. The van der Waals surface area contributed by atoms with Crippen molar-refractivity contribution < 1.29 is 10.0 Å². The van der Waals surface area contributed by atoms with Gasteiger partial charge in [-0.1, -0.05) is 49.4 Å². The van der Waals surface area contributed by atoms with Gasteiger partial charge in [0.25, 0.3) is 5.91 Å². The van der Waals surface area contributed by atoms with Crippen molar-refractivity contribution in [3.8, 4) is 6.07 Å². The molecule has 0 saturated heterocycles. The molecule has 2 rings (SSSR count). The summed E-state index contributed by atoms with van der Waals surface area (Å²) in [5, 5.41) is 20.1. The second-order valence-electron chi connectivity index (χ2n) is 7.76. The van der Waals surface area contributed by atoms with E-state index in [1.165, 1.54) is 0 Å². The molecule has 1 aliphatic rings. The second kappa shape index (κ2) is 8.37. The summed E-state index contributed by atoms with van der Waals surface area (Å²) in [4.78, 5) is 12.5. The molecule has 0 unspecified atom stereocenters. The van der Waals surface area contributed by atoms with Crippen molar-refractivity contribution in [1.29, 1.82) is 5.26 Å². The van der Waals surface area contributed by atoms with E-state index in [0.29, 0.717) is 11.0 Å². The first-order valence-electron chi connectivity index (χ1n) is 9.20. The van der Waals surface area contributed by atoms with Gasteiger partial charge in [-0.15, -0.1) is 6.58 Å². The van der Waals surface area contributed by atoms with Crippen LogP contribution in [-0.2, 0) is 0 Å². The molecule has 1 amide bonds. The average Bonchev–Trinajstić information content (AvgIpc) is 2.67. The zero-order valence-electron chi connectivity index (χ0n) is 16.2. The molecule has 1 saturated carbocycles. The van der Waals surface area contributed by atoms with Crippen LogP contribution in [0.25, 0.3) is 0 Å². The van der Waals surface area contributed by atoms with Gasteiger partial charge >= 0.3 is 0 Å². The smallest absolute Gasteiger partial charge is 0.278 e. The molecular weight excluding hydrogens is 336 g/mol. The lowest BCUT2D eigenvalue weighted by molar-refractivity contribution is -0.0532. The second-order valence-corrected chi connectivity index (χ2v) is 7.76. The lowest BCUT2D eigenvalue weighted by atomic mass is 9.61. The van der Waals surface area contributed by atoms with Gasteiger partial charge in [0, 0.05) is 0 Å². The fourth-order valence-electron chi connectivity index (χ4n) is 4.01. The van der Waals surface area contributed by atoms with E-state index in [4.69, 9.17) is 5.26 Å². The largest absolute Gasteiger partial charge is 0.285 e. The Morgan fingerprint density at radius 1 is 1.44 bits per heavy atom. The summed E-state index contributed by atoms with van der Waals surface area (Å²) in [5.74, 6) is -0.0856. The van der Waals surface area contributed by atoms with E-state index in [1.807, 2.05) is 19.1 Å². The molecule has 0 bridgehead atoms. The van der Waals surface area contributed by atoms with Crippen molar-refractivity contribution in [1.82, 2.24) is 5.06 Å². The number of hydrogen-bond donors (Lipinski definition) is 1. The van der Waals surface area contributed by atoms with Crippen LogP contribution in [-0.4, -0.2) is 22.7 Å². The Morgan fingerprint density at radius 3 is 2.70 bits per heavy atom. The van der Waals surface area contributed by atoms with E-state index in [1.54, 1.807) is 24.3 Å². The van der Waals surface area contributed by atoms with Crippen LogP contribution >= 0.6 is 0 Å². The van der Waals surface area contributed by atoms with Crippen molar-refractivity contribution in [3.05, 3.63) is 72.4 Å². The van der Waals surface area contributed by atoms with Crippen molar-refractivity contribution in [2.75, 3.05) is 6.54 Å². The molecule has 1 N–H and O–H groups in total.